The van der Waals surface area contributed by atoms with Crippen LogP contribution in [-0.2, 0) is 5.41 Å². The van der Waals surface area contributed by atoms with E-state index in [1.165, 1.54) is 22.3 Å². The quantitative estimate of drug-likeness (QED) is 0.165. The smallest absolute Gasteiger partial charge is 0.227 e. The summed E-state index contributed by atoms with van der Waals surface area (Å²) >= 11 is 0. The predicted molar refractivity (Wildman–Crippen MR) is 239 cm³/mol. The Morgan fingerprint density at radius 2 is 1.12 bits per heavy atom. The van der Waals surface area contributed by atoms with Gasteiger partial charge in [-0.05, 0) is 122 Å². The van der Waals surface area contributed by atoms with Crippen LogP contribution in [0.5, 0.6) is 0 Å². The van der Waals surface area contributed by atoms with E-state index in [1.54, 1.807) is 0 Å². The van der Waals surface area contributed by atoms with Gasteiger partial charge in [0.05, 0.1) is 0 Å². The monoisotopic (exact) mass is 744 g/mol. The molecule has 1 aliphatic carbocycles. The highest BCUT2D eigenvalue weighted by Gasteiger charge is 2.35. The molecule has 2 heterocycles. The first-order valence-electron chi connectivity index (χ1n) is 19.9. The summed E-state index contributed by atoms with van der Waals surface area (Å²) in [6.07, 6.45) is 0. The van der Waals surface area contributed by atoms with E-state index in [0.717, 1.165) is 88.3 Å². The van der Waals surface area contributed by atoms with Crippen LogP contribution in [0.3, 0.4) is 0 Å². The fourth-order valence-corrected chi connectivity index (χ4v) is 9.36. The number of anilines is 3. The number of hydrogen-bond acceptors (Lipinski definition) is 4. The fourth-order valence-electron chi connectivity index (χ4n) is 9.36. The zero-order chi connectivity index (χ0) is 38.5. The second kappa shape index (κ2) is 12.3. The first-order chi connectivity index (χ1) is 28.5. The maximum absolute atomic E-state index is 6.62. The minimum Gasteiger partial charge on any atom is -0.456 e. The van der Waals surface area contributed by atoms with Crippen molar-refractivity contribution in [2.24, 2.45) is 0 Å². The number of benzene rings is 9. The van der Waals surface area contributed by atoms with Crippen molar-refractivity contribution in [1.82, 2.24) is 4.98 Å². The van der Waals surface area contributed by atoms with Gasteiger partial charge < -0.3 is 13.7 Å². The topological polar surface area (TPSA) is 42.4 Å². The molecule has 274 valence electrons. The van der Waals surface area contributed by atoms with Crippen molar-refractivity contribution < 1.29 is 8.83 Å². The summed E-state index contributed by atoms with van der Waals surface area (Å²) in [5.41, 5.74) is 15.1. The SMILES string of the molecule is CC1(C)c2ccccc2-c2cc(N(c3ccc(-c4ccc5oc6ccccc6c5c4)cc3)c3ccc4ccc5ccc6nc(-c7ccccc7)oc6c5c4c3)ccc21. The van der Waals surface area contributed by atoms with E-state index in [9.17, 15) is 0 Å². The van der Waals surface area contributed by atoms with Gasteiger partial charge in [0.15, 0.2) is 5.58 Å². The average Bonchev–Trinajstić information content (AvgIpc) is 3.94. The molecule has 12 rings (SSSR count). The lowest BCUT2D eigenvalue weighted by molar-refractivity contribution is 0.623. The van der Waals surface area contributed by atoms with E-state index in [4.69, 9.17) is 13.8 Å². The third-order valence-corrected chi connectivity index (χ3v) is 12.3. The molecule has 4 nitrogen and oxygen atoms in total. The summed E-state index contributed by atoms with van der Waals surface area (Å²) in [7, 11) is 0. The third kappa shape index (κ3) is 4.91. The van der Waals surface area contributed by atoms with Crippen molar-refractivity contribution in [2.45, 2.75) is 19.3 Å². The van der Waals surface area contributed by atoms with Crippen molar-refractivity contribution in [3.05, 3.63) is 193 Å². The van der Waals surface area contributed by atoms with Gasteiger partial charge in [0.25, 0.3) is 0 Å². The van der Waals surface area contributed by atoms with E-state index in [1.807, 2.05) is 42.5 Å². The molecule has 0 fully saturated rings. The Bertz CT molecular complexity index is 3430. The third-order valence-electron chi connectivity index (χ3n) is 12.3. The van der Waals surface area contributed by atoms with Gasteiger partial charge in [-0.1, -0.05) is 123 Å². The summed E-state index contributed by atoms with van der Waals surface area (Å²) in [4.78, 5) is 7.32. The minimum absolute atomic E-state index is 0.0821. The van der Waals surface area contributed by atoms with Gasteiger partial charge in [-0.25, -0.2) is 4.98 Å². The van der Waals surface area contributed by atoms with Crippen molar-refractivity contribution in [1.29, 1.82) is 0 Å². The lowest BCUT2D eigenvalue weighted by Gasteiger charge is -2.27. The number of rotatable bonds is 5. The normalized spacial score (nSPS) is 13.1. The Morgan fingerprint density at radius 1 is 0.448 bits per heavy atom. The molecular formula is C54H36N2O2. The lowest BCUT2D eigenvalue weighted by atomic mass is 9.82. The van der Waals surface area contributed by atoms with Crippen molar-refractivity contribution in [3.63, 3.8) is 0 Å². The molecule has 0 N–H and O–H groups in total. The van der Waals surface area contributed by atoms with E-state index in [-0.39, 0.29) is 5.41 Å². The van der Waals surface area contributed by atoms with Crippen molar-refractivity contribution >= 4 is 71.6 Å². The number of aromatic nitrogens is 1. The van der Waals surface area contributed by atoms with E-state index in [0.29, 0.717) is 5.89 Å². The predicted octanol–water partition coefficient (Wildman–Crippen LogP) is 15.1. The Balaban J connectivity index is 1.04. The number of hydrogen-bond donors (Lipinski definition) is 0. The average molecular weight is 745 g/mol. The number of nitrogens with zero attached hydrogens (tertiary/aromatic N) is 2. The highest BCUT2D eigenvalue weighted by molar-refractivity contribution is 6.18. The Kier molecular flexibility index (Phi) is 6.94. The van der Waals surface area contributed by atoms with Crippen LogP contribution in [0.25, 0.3) is 88.3 Å². The second-order valence-electron chi connectivity index (χ2n) is 16.0. The van der Waals surface area contributed by atoms with E-state index < -0.39 is 0 Å². The molecule has 4 heteroatoms. The second-order valence-corrected chi connectivity index (χ2v) is 16.0. The first kappa shape index (κ1) is 32.8. The fraction of sp³-hybridized carbons (Fsp3) is 0.0556. The molecule has 0 radical (unpaired) electrons. The maximum Gasteiger partial charge on any atom is 0.227 e. The molecule has 0 unspecified atom stereocenters. The van der Waals surface area contributed by atoms with Crippen LogP contribution in [0.1, 0.15) is 25.0 Å². The van der Waals surface area contributed by atoms with Crippen LogP contribution in [0, 0.1) is 0 Å². The maximum atomic E-state index is 6.62. The summed E-state index contributed by atoms with van der Waals surface area (Å²) < 4.78 is 12.8. The van der Waals surface area contributed by atoms with E-state index >= 15 is 0 Å². The molecule has 0 saturated heterocycles. The molecule has 0 aliphatic heterocycles. The van der Waals surface area contributed by atoms with Gasteiger partial charge >= 0.3 is 0 Å². The van der Waals surface area contributed by atoms with Crippen LogP contribution in [-0.4, -0.2) is 4.98 Å². The lowest BCUT2D eigenvalue weighted by Crippen LogP contribution is -2.15. The first-order valence-corrected chi connectivity index (χ1v) is 19.9. The number of oxazole rings is 1. The Labute approximate surface area is 335 Å². The van der Waals surface area contributed by atoms with Gasteiger partial charge in [-0.3, -0.25) is 0 Å². The number of furan rings is 1. The largest absolute Gasteiger partial charge is 0.456 e. The molecule has 58 heavy (non-hydrogen) atoms. The van der Waals surface area contributed by atoms with E-state index in [2.05, 4.69) is 158 Å². The summed E-state index contributed by atoms with van der Waals surface area (Å²) in [6.45, 7) is 4.67. The highest BCUT2D eigenvalue weighted by atomic mass is 16.3. The van der Waals surface area contributed by atoms with Gasteiger partial charge in [0.1, 0.15) is 16.7 Å². The highest BCUT2D eigenvalue weighted by Crippen LogP contribution is 2.51. The molecular weight excluding hydrogens is 709 g/mol. The molecule has 0 saturated carbocycles. The molecule has 9 aromatic carbocycles. The van der Waals surface area contributed by atoms with Crippen molar-refractivity contribution in [2.75, 3.05) is 4.90 Å². The molecule has 0 spiro atoms. The van der Waals surface area contributed by atoms with Crippen LogP contribution in [0.4, 0.5) is 17.1 Å². The van der Waals surface area contributed by atoms with Gasteiger partial charge in [0.2, 0.25) is 5.89 Å². The Morgan fingerprint density at radius 3 is 2.02 bits per heavy atom. The molecule has 2 aromatic heterocycles. The zero-order valence-corrected chi connectivity index (χ0v) is 32.0. The summed E-state index contributed by atoms with van der Waals surface area (Å²) in [5.74, 6) is 0.624. The Hall–Kier alpha value is -7.43. The van der Waals surface area contributed by atoms with Gasteiger partial charge in [-0.2, -0.15) is 0 Å². The molecule has 0 atom stereocenters. The standard InChI is InChI=1S/C54H36N2O2/c1-54(2)46-14-8-6-12-41(46)44-32-40(26-27-47(44)54)56(38-23-18-33(19-24-38)37-22-29-50-45(30-37)42-13-7-9-15-49(42)57-50)39-25-20-34-16-17-35-21-28-48-52(51(35)43(34)31-39)58-53(55-48)36-10-4-3-5-11-36/h3-32H,1-2H3. The summed E-state index contributed by atoms with van der Waals surface area (Å²) in [5, 5.41) is 6.69. The van der Waals surface area contributed by atoms with Crippen molar-refractivity contribution in [3.8, 4) is 33.7 Å². The summed E-state index contributed by atoms with van der Waals surface area (Å²) in [6, 6.07) is 65.0. The molecule has 0 amide bonds. The van der Waals surface area contributed by atoms with Gasteiger partial charge in [-0.15, -0.1) is 0 Å². The van der Waals surface area contributed by atoms with Crippen LogP contribution < -0.4 is 4.90 Å². The van der Waals surface area contributed by atoms with Crippen LogP contribution in [0.15, 0.2) is 191 Å². The van der Waals surface area contributed by atoms with Crippen LogP contribution >= 0.6 is 0 Å². The molecule has 0 bridgehead atoms. The molecule has 11 aromatic rings. The van der Waals surface area contributed by atoms with Crippen LogP contribution in [0.2, 0.25) is 0 Å². The van der Waals surface area contributed by atoms with Gasteiger partial charge in [0, 0.05) is 44.2 Å². The number of para-hydroxylation sites is 1. The molecule has 1 aliphatic rings. The zero-order valence-electron chi connectivity index (χ0n) is 32.0. The minimum atomic E-state index is -0.0821. The number of fused-ring (bicyclic) bond motifs is 11.